The van der Waals surface area contributed by atoms with Crippen LogP contribution < -0.4 is 10.1 Å². The minimum Gasteiger partial charge on any atom is -0.495 e. The Morgan fingerprint density at radius 1 is 0.970 bits per heavy atom. The van der Waals surface area contributed by atoms with Crippen molar-refractivity contribution in [3.8, 4) is 5.75 Å². The molecule has 6 nitrogen and oxygen atoms in total. The maximum absolute atomic E-state index is 13.4. The van der Waals surface area contributed by atoms with Crippen LogP contribution in [0.4, 0.5) is 5.69 Å². The SMILES string of the molecule is CCN(CC)S(=O)(=O)c1ccc(OC)c(NC(=O)C(Sc2ccccc2)c2ccccc2)c1. The third-order valence-corrected chi connectivity index (χ3v) is 8.42. The molecule has 8 heteroatoms. The average molecular weight is 485 g/mol. The number of carbonyl (C=O) groups excluding carboxylic acids is 1. The number of amides is 1. The van der Waals surface area contributed by atoms with Crippen molar-refractivity contribution in [1.82, 2.24) is 4.31 Å². The van der Waals surface area contributed by atoms with Crippen LogP contribution in [0.15, 0.2) is 88.7 Å². The monoisotopic (exact) mass is 484 g/mol. The lowest BCUT2D eigenvalue weighted by Gasteiger charge is -2.21. The van der Waals surface area contributed by atoms with Crippen molar-refractivity contribution < 1.29 is 17.9 Å². The van der Waals surface area contributed by atoms with Crippen molar-refractivity contribution in [2.75, 3.05) is 25.5 Å². The number of methoxy groups -OCH3 is 1. The molecule has 0 bridgehead atoms. The molecule has 0 aliphatic heterocycles. The molecule has 1 atom stereocenters. The van der Waals surface area contributed by atoms with E-state index in [9.17, 15) is 13.2 Å². The highest BCUT2D eigenvalue weighted by atomic mass is 32.2. The summed E-state index contributed by atoms with van der Waals surface area (Å²) < 4.78 is 32.8. The fourth-order valence-corrected chi connectivity index (χ4v) is 5.92. The number of thioether (sulfide) groups is 1. The van der Waals surface area contributed by atoms with E-state index < -0.39 is 15.3 Å². The van der Waals surface area contributed by atoms with Crippen LogP contribution in [-0.4, -0.2) is 38.8 Å². The quantitative estimate of drug-likeness (QED) is 0.401. The molecule has 3 rings (SSSR count). The molecule has 174 valence electrons. The van der Waals surface area contributed by atoms with Crippen molar-refractivity contribution in [2.45, 2.75) is 28.9 Å². The molecule has 0 fully saturated rings. The minimum atomic E-state index is -3.68. The molecule has 0 radical (unpaired) electrons. The highest BCUT2D eigenvalue weighted by Crippen LogP contribution is 2.37. The van der Waals surface area contributed by atoms with Crippen LogP contribution in [0.3, 0.4) is 0 Å². The minimum absolute atomic E-state index is 0.106. The Bertz CT molecular complexity index is 1170. The van der Waals surface area contributed by atoms with Gasteiger partial charge in [-0.25, -0.2) is 8.42 Å². The first kappa shape index (κ1) is 24.8. The number of carbonyl (C=O) groups is 1. The van der Waals surface area contributed by atoms with Gasteiger partial charge in [0.1, 0.15) is 11.0 Å². The van der Waals surface area contributed by atoms with Crippen molar-refractivity contribution >= 4 is 33.4 Å². The predicted octanol–water partition coefficient (Wildman–Crippen LogP) is 5.20. The van der Waals surface area contributed by atoms with E-state index in [1.807, 2.05) is 60.7 Å². The molecule has 1 amide bonds. The van der Waals surface area contributed by atoms with Gasteiger partial charge < -0.3 is 10.1 Å². The third kappa shape index (κ3) is 5.96. The van der Waals surface area contributed by atoms with Crippen LogP contribution in [0.2, 0.25) is 0 Å². The van der Waals surface area contributed by atoms with E-state index in [0.717, 1.165) is 10.5 Å². The second kappa shape index (κ2) is 11.4. The Morgan fingerprint density at radius 3 is 2.15 bits per heavy atom. The number of sulfonamides is 1. The van der Waals surface area contributed by atoms with Gasteiger partial charge >= 0.3 is 0 Å². The molecule has 0 aromatic heterocycles. The van der Waals surface area contributed by atoms with Gasteiger partial charge in [-0.2, -0.15) is 4.31 Å². The average Bonchev–Trinajstić information content (AvgIpc) is 2.84. The summed E-state index contributed by atoms with van der Waals surface area (Å²) in [4.78, 5) is 14.5. The fraction of sp³-hybridized carbons (Fsp3) is 0.240. The predicted molar refractivity (Wildman–Crippen MR) is 133 cm³/mol. The van der Waals surface area contributed by atoms with Crippen molar-refractivity contribution in [1.29, 1.82) is 0 Å². The van der Waals surface area contributed by atoms with Crippen molar-refractivity contribution in [3.63, 3.8) is 0 Å². The zero-order valence-electron chi connectivity index (χ0n) is 18.9. The van der Waals surface area contributed by atoms with Gasteiger partial charge in [0.2, 0.25) is 15.9 Å². The van der Waals surface area contributed by atoms with Gasteiger partial charge in [0.15, 0.2) is 0 Å². The lowest BCUT2D eigenvalue weighted by Crippen LogP contribution is -2.30. The second-order valence-corrected chi connectivity index (χ2v) is 10.3. The third-order valence-electron chi connectivity index (χ3n) is 5.11. The maximum atomic E-state index is 13.4. The molecule has 3 aromatic carbocycles. The molecule has 0 aliphatic rings. The van der Waals surface area contributed by atoms with Crippen molar-refractivity contribution in [3.05, 3.63) is 84.4 Å². The Morgan fingerprint density at radius 2 is 1.58 bits per heavy atom. The van der Waals surface area contributed by atoms with Crippen molar-refractivity contribution in [2.24, 2.45) is 0 Å². The number of anilines is 1. The van der Waals surface area contributed by atoms with Crippen LogP contribution in [0.1, 0.15) is 24.7 Å². The second-order valence-electron chi connectivity index (χ2n) is 7.16. The van der Waals surface area contributed by atoms with Crippen LogP contribution in [0.25, 0.3) is 0 Å². The van der Waals surface area contributed by atoms with Crippen LogP contribution >= 0.6 is 11.8 Å². The molecule has 0 aliphatic carbocycles. The lowest BCUT2D eigenvalue weighted by atomic mass is 10.1. The molecule has 0 saturated heterocycles. The number of nitrogens with zero attached hydrogens (tertiary/aromatic N) is 1. The first-order valence-electron chi connectivity index (χ1n) is 10.7. The van der Waals surface area contributed by atoms with Crippen LogP contribution in [0, 0.1) is 0 Å². The fourth-order valence-electron chi connectivity index (χ4n) is 3.39. The summed E-state index contributed by atoms with van der Waals surface area (Å²) in [6, 6.07) is 23.7. The first-order valence-corrected chi connectivity index (χ1v) is 13.0. The van der Waals surface area contributed by atoms with Gasteiger partial charge in [0.25, 0.3) is 0 Å². The lowest BCUT2D eigenvalue weighted by molar-refractivity contribution is -0.115. The van der Waals surface area contributed by atoms with E-state index in [2.05, 4.69) is 5.32 Å². The summed E-state index contributed by atoms with van der Waals surface area (Å²) >= 11 is 1.43. The molecule has 1 N–H and O–H groups in total. The Labute approximate surface area is 200 Å². The summed E-state index contributed by atoms with van der Waals surface area (Å²) in [5, 5.41) is 2.36. The number of hydrogen-bond acceptors (Lipinski definition) is 5. The molecule has 0 spiro atoms. The van der Waals surface area contributed by atoms with Gasteiger partial charge in [-0.1, -0.05) is 62.4 Å². The van der Waals surface area contributed by atoms with Crippen LogP contribution in [0.5, 0.6) is 5.75 Å². The van der Waals surface area contributed by atoms with E-state index in [0.29, 0.717) is 24.5 Å². The summed E-state index contributed by atoms with van der Waals surface area (Å²) in [5.41, 5.74) is 1.15. The zero-order chi connectivity index (χ0) is 23.8. The van der Waals surface area contributed by atoms with Gasteiger partial charge in [0.05, 0.1) is 17.7 Å². The molecular formula is C25H28N2O4S2. The number of benzene rings is 3. The highest BCUT2D eigenvalue weighted by Gasteiger charge is 2.26. The van der Waals surface area contributed by atoms with Gasteiger partial charge in [-0.05, 0) is 35.9 Å². The number of ether oxygens (including phenoxy) is 1. The Balaban J connectivity index is 1.96. The molecule has 0 saturated carbocycles. The summed E-state index contributed by atoms with van der Waals surface area (Å²) in [5.74, 6) is 0.115. The van der Waals surface area contributed by atoms with Crippen LogP contribution in [-0.2, 0) is 14.8 Å². The molecular weight excluding hydrogens is 456 g/mol. The smallest absolute Gasteiger partial charge is 0.243 e. The van der Waals surface area contributed by atoms with Gasteiger partial charge in [0, 0.05) is 18.0 Å². The Hall–Kier alpha value is -2.81. The summed E-state index contributed by atoms with van der Waals surface area (Å²) in [6.07, 6.45) is 0. The summed E-state index contributed by atoms with van der Waals surface area (Å²) in [7, 11) is -2.20. The number of hydrogen-bond donors (Lipinski definition) is 1. The van der Waals surface area contributed by atoms with Gasteiger partial charge in [-0.3, -0.25) is 4.79 Å². The zero-order valence-corrected chi connectivity index (χ0v) is 20.5. The van der Waals surface area contributed by atoms with E-state index in [1.54, 1.807) is 19.9 Å². The standard InChI is InChI=1S/C25H28N2O4S2/c1-4-27(5-2)33(29,30)21-16-17-23(31-3)22(18-21)26-25(28)24(19-12-8-6-9-13-19)32-20-14-10-7-11-15-20/h6-18,24H,4-5H2,1-3H3,(H,26,28). The maximum Gasteiger partial charge on any atom is 0.243 e. The topological polar surface area (TPSA) is 75.7 Å². The molecule has 33 heavy (non-hydrogen) atoms. The van der Waals surface area contributed by atoms with E-state index in [1.165, 1.54) is 35.3 Å². The van der Waals surface area contributed by atoms with E-state index in [-0.39, 0.29) is 10.8 Å². The molecule has 0 heterocycles. The van der Waals surface area contributed by atoms with E-state index >= 15 is 0 Å². The van der Waals surface area contributed by atoms with E-state index in [4.69, 9.17) is 4.74 Å². The largest absolute Gasteiger partial charge is 0.495 e. The summed E-state index contributed by atoms with van der Waals surface area (Å²) in [6.45, 7) is 4.30. The van der Waals surface area contributed by atoms with Gasteiger partial charge in [-0.15, -0.1) is 11.8 Å². The number of nitrogens with one attached hydrogen (secondary N) is 1. The molecule has 3 aromatic rings. The Kier molecular flexibility index (Phi) is 8.55. The molecule has 1 unspecified atom stereocenters. The highest BCUT2D eigenvalue weighted by molar-refractivity contribution is 8.00. The number of rotatable bonds is 10. The normalized spacial score (nSPS) is 12.4. The first-order chi connectivity index (χ1) is 15.9.